The normalized spacial score (nSPS) is 37.4. The number of halogens is 3. The van der Waals surface area contributed by atoms with Crippen LogP contribution in [-0.4, -0.2) is 69.8 Å². The Morgan fingerprint density at radius 3 is 2.22 bits per heavy atom. The predicted molar refractivity (Wildman–Crippen MR) is 48.0 cm³/mol. The van der Waals surface area contributed by atoms with E-state index in [0.29, 0.717) is 0 Å². The summed E-state index contributed by atoms with van der Waals surface area (Å²) in [5.74, 6) is -2.39. The van der Waals surface area contributed by atoms with E-state index in [-0.39, 0.29) is 0 Å². The second-order valence-electron chi connectivity index (χ2n) is 3.73. The van der Waals surface area contributed by atoms with Crippen molar-refractivity contribution in [1.29, 1.82) is 0 Å². The Hall–Kier alpha value is -0.940. The molecule has 0 bridgehead atoms. The van der Waals surface area contributed by atoms with Gasteiger partial charge in [-0.2, -0.15) is 13.2 Å². The summed E-state index contributed by atoms with van der Waals surface area (Å²) in [6.07, 6.45) is -12.2. The quantitative estimate of drug-likeness (QED) is 0.379. The number of hydrogen-bond donors (Lipinski definition) is 5. The van der Waals surface area contributed by atoms with Gasteiger partial charge in [-0.15, -0.1) is 0 Å². The van der Waals surface area contributed by atoms with Gasteiger partial charge in [-0.3, -0.25) is 4.79 Å². The number of hydrogen-bond acceptors (Lipinski definition) is 6. The van der Waals surface area contributed by atoms with Gasteiger partial charge in [0.15, 0.2) is 6.29 Å². The van der Waals surface area contributed by atoms with Crippen LogP contribution in [0.1, 0.15) is 0 Å². The summed E-state index contributed by atoms with van der Waals surface area (Å²) in [5, 5.41) is 38.1. The Bertz CT molecular complexity index is 312. The molecule has 0 saturated carbocycles. The smallest absolute Gasteiger partial charge is 0.394 e. The van der Waals surface area contributed by atoms with E-state index in [2.05, 4.69) is 4.74 Å². The van der Waals surface area contributed by atoms with Crippen LogP contribution in [0.2, 0.25) is 0 Å². The molecule has 1 aliphatic heterocycles. The minimum atomic E-state index is -5.20. The van der Waals surface area contributed by atoms with Crippen molar-refractivity contribution in [3.05, 3.63) is 0 Å². The van der Waals surface area contributed by atoms with Gasteiger partial charge in [0.1, 0.15) is 24.4 Å². The number of amides is 1. The lowest BCUT2D eigenvalue weighted by molar-refractivity contribution is -0.256. The monoisotopic (exact) mass is 275 g/mol. The molecule has 106 valence electrons. The largest absolute Gasteiger partial charge is 0.471 e. The summed E-state index contributed by atoms with van der Waals surface area (Å²) < 4.78 is 40.5. The van der Waals surface area contributed by atoms with Crippen molar-refractivity contribution in [1.82, 2.24) is 5.32 Å². The topological polar surface area (TPSA) is 119 Å². The van der Waals surface area contributed by atoms with Gasteiger partial charge >= 0.3 is 12.1 Å². The van der Waals surface area contributed by atoms with Crippen LogP contribution in [0.4, 0.5) is 13.2 Å². The fraction of sp³-hybridized carbons (Fsp3) is 0.875. The molecular formula is C8H12F3NO6. The summed E-state index contributed by atoms with van der Waals surface area (Å²) in [4.78, 5) is 10.6. The third-order valence-electron chi connectivity index (χ3n) is 2.46. The first kappa shape index (κ1) is 15.1. The molecule has 18 heavy (non-hydrogen) atoms. The fourth-order valence-electron chi connectivity index (χ4n) is 1.49. The molecule has 5 N–H and O–H groups in total. The highest BCUT2D eigenvalue weighted by Gasteiger charge is 2.48. The SMILES string of the molecule is O=C(NC1C(O)OC(CO)[C@@H](O)C1O)C(F)(F)F. The average Bonchev–Trinajstić information content (AvgIpc) is 2.27. The second-order valence-corrected chi connectivity index (χ2v) is 3.73. The lowest BCUT2D eigenvalue weighted by atomic mass is 9.97. The van der Waals surface area contributed by atoms with Gasteiger partial charge in [0.2, 0.25) is 0 Å². The molecule has 1 amide bonds. The maximum Gasteiger partial charge on any atom is 0.471 e. The van der Waals surface area contributed by atoms with Gasteiger partial charge < -0.3 is 30.5 Å². The van der Waals surface area contributed by atoms with E-state index in [0.717, 1.165) is 0 Å². The Morgan fingerprint density at radius 2 is 1.78 bits per heavy atom. The molecule has 0 aromatic rings. The van der Waals surface area contributed by atoms with Crippen LogP contribution >= 0.6 is 0 Å². The molecule has 1 saturated heterocycles. The van der Waals surface area contributed by atoms with Crippen molar-refractivity contribution in [2.75, 3.05) is 6.61 Å². The van der Waals surface area contributed by atoms with Gasteiger partial charge in [-0.25, -0.2) is 0 Å². The second kappa shape index (κ2) is 5.36. The highest BCUT2D eigenvalue weighted by atomic mass is 19.4. The number of aliphatic hydroxyl groups excluding tert-OH is 4. The Labute approximate surface area is 98.8 Å². The minimum absolute atomic E-state index is 0.755. The summed E-state index contributed by atoms with van der Waals surface area (Å²) in [6, 6.07) is -1.85. The zero-order valence-corrected chi connectivity index (χ0v) is 8.83. The van der Waals surface area contributed by atoms with Gasteiger partial charge in [-0.1, -0.05) is 0 Å². The molecule has 1 rings (SSSR count). The van der Waals surface area contributed by atoms with Crippen molar-refractivity contribution in [2.24, 2.45) is 0 Å². The lowest BCUT2D eigenvalue weighted by Gasteiger charge is -2.40. The number of carbonyl (C=O) groups excluding carboxylic acids is 1. The Morgan fingerprint density at radius 1 is 1.22 bits per heavy atom. The van der Waals surface area contributed by atoms with Gasteiger partial charge in [0, 0.05) is 0 Å². The lowest BCUT2D eigenvalue weighted by Crippen LogP contribution is -2.65. The molecule has 4 unspecified atom stereocenters. The molecule has 0 aromatic heterocycles. The maximum atomic E-state index is 12.0. The average molecular weight is 275 g/mol. The molecular weight excluding hydrogens is 263 g/mol. The molecule has 1 heterocycles. The zero-order chi connectivity index (χ0) is 14.1. The van der Waals surface area contributed by atoms with E-state index in [1.807, 2.05) is 0 Å². The molecule has 0 aliphatic carbocycles. The highest BCUT2D eigenvalue weighted by molar-refractivity contribution is 5.82. The van der Waals surface area contributed by atoms with Crippen molar-refractivity contribution < 1.29 is 43.1 Å². The van der Waals surface area contributed by atoms with Crippen LogP contribution in [0.3, 0.4) is 0 Å². The Balaban J connectivity index is 2.74. The predicted octanol–water partition coefficient (Wildman–Crippen LogP) is -2.54. The molecule has 1 aliphatic rings. The number of ether oxygens (including phenoxy) is 1. The standard InChI is InChI=1S/C8H12F3NO6/c9-8(10,11)7(17)12-3-5(15)4(14)2(1-13)18-6(3)16/h2-6,13-16H,1H2,(H,12,17)/t2?,3?,4-,5?,6?/m1/s1. The number of aliphatic hydroxyl groups is 4. The van der Waals surface area contributed by atoms with Crippen molar-refractivity contribution >= 4 is 5.91 Å². The maximum absolute atomic E-state index is 12.0. The highest BCUT2D eigenvalue weighted by Crippen LogP contribution is 2.21. The first-order valence-corrected chi connectivity index (χ1v) is 4.86. The summed E-state index contributed by atoms with van der Waals surface area (Å²) in [6.45, 7) is -0.755. The van der Waals surface area contributed by atoms with Crippen LogP contribution in [-0.2, 0) is 9.53 Å². The Kier molecular flexibility index (Phi) is 4.50. The number of alkyl halides is 3. The molecule has 0 spiro atoms. The summed E-state index contributed by atoms with van der Waals surface area (Å²) in [5.41, 5.74) is 0. The van der Waals surface area contributed by atoms with Crippen molar-refractivity contribution in [3.8, 4) is 0 Å². The van der Waals surface area contributed by atoms with Crippen molar-refractivity contribution in [2.45, 2.75) is 36.8 Å². The van der Waals surface area contributed by atoms with Crippen molar-refractivity contribution in [3.63, 3.8) is 0 Å². The number of carbonyl (C=O) groups is 1. The summed E-state index contributed by atoms with van der Waals surface area (Å²) >= 11 is 0. The summed E-state index contributed by atoms with van der Waals surface area (Å²) in [7, 11) is 0. The van der Waals surface area contributed by atoms with Crippen LogP contribution in [0, 0.1) is 0 Å². The van der Waals surface area contributed by atoms with E-state index in [1.54, 1.807) is 0 Å². The van der Waals surface area contributed by atoms with E-state index < -0.39 is 49.3 Å². The molecule has 7 nitrogen and oxygen atoms in total. The van der Waals surface area contributed by atoms with E-state index in [9.17, 15) is 33.3 Å². The molecule has 0 aromatic carbocycles. The van der Waals surface area contributed by atoms with E-state index in [4.69, 9.17) is 5.11 Å². The minimum Gasteiger partial charge on any atom is -0.394 e. The number of rotatable bonds is 2. The molecule has 10 heteroatoms. The van der Waals surface area contributed by atoms with Crippen LogP contribution in [0.15, 0.2) is 0 Å². The van der Waals surface area contributed by atoms with Gasteiger partial charge in [0.25, 0.3) is 0 Å². The van der Waals surface area contributed by atoms with Crippen LogP contribution in [0.25, 0.3) is 0 Å². The molecule has 0 radical (unpaired) electrons. The fourth-order valence-corrected chi connectivity index (χ4v) is 1.49. The van der Waals surface area contributed by atoms with Crippen LogP contribution < -0.4 is 5.32 Å². The first-order valence-electron chi connectivity index (χ1n) is 4.86. The van der Waals surface area contributed by atoms with Gasteiger partial charge in [0.05, 0.1) is 6.61 Å². The zero-order valence-electron chi connectivity index (χ0n) is 8.83. The van der Waals surface area contributed by atoms with E-state index >= 15 is 0 Å². The van der Waals surface area contributed by atoms with E-state index in [1.165, 1.54) is 5.32 Å². The first-order chi connectivity index (χ1) is 8.18. The molecule has 1 fully saturated rings. The third-order valence-corrected chi connectivity index (χ3v) is 2.46. The van der Waals surface area contributed by atoms with Gasteiger partial charge in [-0.05, 0) is 0 Å². The number of nitrogens with one attached hydrogen (secondary N) is 1. The van der Waals surface area contributed by atoms with Crippen LogP contribution in [0.5, 0.6) is 0 Å². The molecule has 5 atom stereocenters. The third kappa shape index (κ3) is 3.09.